The molecule has 0 bridgehead atoms. The minimum absolute atomic E-state index is 0.258. The molecule has 0 aliphatic carbocycles. The Morgan fingerprint density at radius 2 is 2.35 bits per heavy atom. The maximum atomic E-state index is 12.5. The van der Waals surface area contributed by atoms with Crippen molar-refractivity contribution >= 4 is 23.4 Å². The normalized spacial score (nSPS) is 20.5. The van der Waals surface area contributed by atoms with Gasteiger partial charge in [0.2, 0.25) is 5.91 Å². The number of aromatic nitrogens is 2. The zero-order chi connectivity index (χ0) is 12.5. The summed E-state index contributed by atoms with van der Waals surface area (Å²) in [5.74, 6) is 0.481. The first-order chi connectivity index (χ1) is 7.98. The fraction of sp³-hybridized carbons (Fsp3) is 0.556. The molecule has 1 unspecified atom stereocenters. The Morgan fingerprint density at radius 3 is 2.94 bits per heavy atom. The van der Waals surface area contributed by atoms with Gasteiger partial charge >= 0.3 is 6.18 Å². The van der Waals surface area contributed by atoms with Crippen LogP contribution in [0.15, 0.2) is 6.20 Å². The van der Waals surface area contributed by atoms with Gasteiger partial charge in [0, 0.05) is 0 Å². The number of carbonyl (C=O) groups excluding carboxylic acids is 1. The molecule has 2 heterocycles. The van der Waals surface area contributed by atoms with E-state index in [9.17, 15) is 18.0 Å². The molecule has 4 nitrogen and oxygen atoms in total. The Bertz CT molecular complexity index is 412. The number of carbonyl (C=O) groups is 1. The van der Waals surface area contributed by atoms with Crippen LogP contribution in [0.2, 0.25) is 0 Å². The molecule has 1 saturated heterocycles. The van der Waals surface area contributed by atoms with Gasteiger partial charge in [-0.3, -0.25) is 9.89 Å². The standard InChI is InChI=1S/C9H10F3N3OS/c10-9(11,12)7-5(4-13-15-7)14-8(16)6-2-1-3-17-6/h4,6H,1-3H2,(H,13,15)(H,14,16). The molecular formula is C9H10F3N3OS. The number of aromatic amines is 1. The summed E-state index contributed by atoms with van der Waals surface area (Å²) in [6.45, 7) is 0. The van der Waals surface area contributed by atoms with Gasteiger partial charge in [0.1, 0.15) is 0 Å². The predicted octanol–water partition coefficient (Wildman–Crippen LogP) is 2.26. The van der Waals surface area contributed by atoms with E-state index in [0.717, 1.165) is 18.4 Å². The third-order valence-electron chi connectivity index (χ3n) is 2.40. The first-order valence-corrected chi connectivity index (χ1v) is 6.06. The molecule has 0 saturated carbocycles. The lowest BCUT2D eigenvalue weighted by molar-refractivity contribution is -0.140. The number of anilines is 1. The first kappa shape index (κ1) is 12.3. The second-order valence-electron chi connectivity index (χ2n) is 3.65. The molecule has 1 aromatic rings. The monoisotopic (exact) mass is 265 g/mol. The summed E-state index contributed by atoms with van der Waals surface area (Å²) in [6, 6.07) is 0. The van der Waals surface area contributed by atoms with Crippen molar-refractivity contribution in [3.8, 4) is 0 Å². The quantitative estimate of drug-likeness (QED) is 0.862. The van der Waals surface area contributed by atoms with Gasteiger partial charge in [0.15, 0.2) is 5.69 Å². The molecule has 8 heteroatoms. The number of hydrogen-bond donors (Lipinski definition) is 2. The van der Waals surface area contributed by atoms with Crippen molar-refractivity contribution in [2.24, 2.45) is 0 Å². The number of thioether (sulfide) groups is 1. The van der Waals surface area contributed by atoms with Crippen molar-refractivity contribution in [3.05, 3.63) is 11.9 Å². The van der Waals surface area contributed by atoms with Crippen LogP contribution in [0.1, 0.15) is 18.5 Å². The van der Waals surface area contributed by atoms with Gasteiger partial charge in [-0.1, -0.05) is 0 Å². The summed E-state index contributed by atoms with van der Waals surface area (Å²) in [5, 5.41) is 7.15. The van der Waals surface area contributed by atoms with E-state index < -0.39 is 11.9 Å². The Morgan fingerprint density at radius 1 is 1.59 bits per heavy atom. The van der Waals surface area contributed by atoms with Gasteiger partial charge in [-0.25, -0.2) is 0 Å². The Kier molecular flexibility index (Phi) is 3.32. The van der Waals surface area contributed by atoms with Gasteiger partial charge < -0.3 is 5.32 Å². The molecule has 1 aliphatic heterocycles. The molecule has 17 heavy (non-hydrogen) atoms. The molecule has 0 spiro atoms. The largest absolute Gasteiger partial charge is 0.434 e. The molecule has 1 amide bonds. The maximum absolute atomic E-state index is 12.5. The molecule has 1 aliphatic rings. The summed E-state index contributed by atoms with van der Waals surface area (Å²) < 4.78 is 37.4. The second kappa shape index (κ2) is 4.59. The SMILES string of the molecule is O=C(Nc1cn[nH]c1C(F)(F)F)C1CCCS1. The lowest BCUT2D eigenvalue weighted by Gasteiger charge is -2.11. The van der Waals surface area contributed by atoms with Crippen LogP contribution in [0.3, 0.4) is 0 Å². The first-order valence-electron chi connectivity index (χ1n) is 5.01. The van der Waals surface area contributed by atoms with Crippen LogP contribution in [0, 0.1) is 0 Å². The summed E-state index contributed by atoms with van der Waals surface area (Å²) >= 11 is 1.46. The topological polar surface area (TPSA) is 57.8 Å². The predicted molar refractivity (Wildman–Crippen MR) is 57.7 cm³/mol. The molecule has 2 N–H and O–H groups in total. The van der Waals surface area contributed by atoms with E-state index in [1.165, 1.54) is 11.8 Å². The van der Waals surface area contributed by atoms with E-state index in [1.54, 1.807) is 0 Å². The van der Waals surface area contributed by atoms with E-state index >= 15 is 0 Å². The highest BCUT2D eigenvalue weighted by atomic mass is 32.2. The zero-order valence-corrected chi connectivity index (χ0v) is 9.49. The Balaban J connectivity index is 2.08. The lowest BCUT2D eigenvalue weighted by Crippen LogP contribution is -2.24. The van der Waals surface area contributed by atoms with E-state index in [0.29, 0.717) is 6.42 Å². The second-order valence-corrected chi connectivity index (χ2v) is 4.96. The summed E-state index contributed by atoms with van der Waals surface area (Å²) in [4.78, 5) is 11.7. The minimum atomic E-state index is -4.54. The van der Waals surface area contributed by atoms with E-state index in [2.05, 4.69) is 10.4 Å². The molecule has 1 atom stereocenters. The number of alkyl halides is 3. The fourth-order valence-corrected chi connectivity index (χ4v) is 2.76. The Labute approximate surface area is 99.3 Å². The lowest BCUT2D eigenvalue weighted by atomic mass is 10.2. The van der Waals surface area contributed by atoms with Crippen molar-refractivity contribution in [1.82, 2.24) is 10.2 Å². The number of hydrogen-bond acceptors (Lipinski definition) is 3. The maximum Gasteiger partial charge on any atom is 0.434 e. The molecule has 1 aromatic heterocycles. The van der Waals surface area contributed by atoms with Crippen LogP contribution in [-0.4, -0.2) is 27.1 Å². The van der Waals surface area contributed by atoms with Crippen LogP contribution in [-0.2, 0) is 11.0 Å². The number of rotatable bonds is 2. The fourth-order valence-electron chi connectivity index (χ4n) is 1.59. The molecule has 0 radical (unpaired) electrons. The highest BCUT2D eigenvalue weighted by Crippen LogP contribution is 2.34. The molecule has 0 aromatic carbocycles. The minimum Gasteiger partial charge on any atom is -0.322 e. The number of nitrogens with one attached hydrogen (secondary N) is 2. The van der Waals surface area contributed by atoms with Crippen LogP contribution >= 0.6 is 11.8 Å². The van der Waals surface area contributed by atoms with Crippen molar-refractivity contribution in [2.75, 3.05) is 11.1 Å². The van der Waals surface area contributed by atoms with Crippen molar-refractivity contribution in [2.45, 2.75) is 24.3 Å². The third-order valence-corrected chi connectivity index (χ3v) is 3.78. The molecule has 1 fully saturated rings. The highest BCUT2D eigenvalue weighted by Gasteiger charge is 2.36. The van der Waals surface area contributed by atoms with E-state index in [4.69, 9.17) is 0 Å². The van der Waals surface area contributed by atoms with Gasteiger partial charge in [-0.2, -0.15) is 18.3 Å². The summed E-state index contributed by atoms with van der Waals surface area (Å²) in [5.41, 5.74) is -1.33. The van der Waals surface area contributed by atoms with Gasteiger partial charge in [-0.15, -0.1) is 11.8 Å². The zero-order valence-electron chi connectivity index (χ0n) is 8.67. The molecule has 2 rings (SSSR count). The molecule has 94 valence electrons. The average molecular weight is 265 g/mol. The summed E-state index contributed by atoms with van der Waals surface area (Å²) in [6.07, 6.45) is -1.95. The van der Waals surface area contributed by atoms with Crippen LogP contribution in [0.4, 0.5) is 18.9 Å². The third kappa shape index (κ3) is 2.74. The van der Waals surface area contributed by atoms with Crippen LogP contribution in [0.25, 0.3) is 0 Å². The van der Waals surface area contributed by atoms with Crippen molar-refractivity contribution < 1.29 is 18.0 Å². The summed E-state index contributed by atoms with van der Waals surface area (Å²) in [7, 11) is 0. The van der Waals surface area contributed by atoms with Gasteiger partial charge in [0.05, 0.1) is 17.1 Å². The number of halogens is 3. The van der Waals surface area contributed by atoms with Crippen molar-refractivity contribution in [1.29, 1.82) is 0 Å². The number of nitrogens with zero attached hydrogens (tertiary/aromatic N) is 1. The van der Waals surface area contributed by atoms with Crippen LogP contribution < -0.4 is 5.32 Å². The van der Waals surface area contributed by atoms with Crippen molar-refractivity contribution in [3.63, 3.8) is 0 Å². The Hall–Kier alpha value is -1.18. The number of amides is 1. The number of H-pyrrole nitrogens is 1. The van der Waals surface area contributed by atoms with E-state index in [1.807, 2.05) is 5.10 Å². The smallest absolute Gasteiger partial charge is 0.322 e. The highest BCUT2D eigenvalue weighted by molar-refractivity contribution is 8.00. The molecular weight excluding hydrogens is 255 g/mol. The van der Waals surface area contributed by atoms with Gasteiger partial charge in [-0.05, 0) is 18.6 Å². The van der Waals surface area contributed by atoms with E-state index in [-0.39, 0.29) is 16.8 Å². The average Bonchev–Trinajstić information content (AvgIpc) is 2.85. The van der Waals surface area contributed by atoms with Crippen LogP contribution in [0.5, 0.6) is 0 Å². The van der Waals surface area contributed by atoms with Gasteiger partial charge in [0.25, 0.3) is 0 Å².